The monoisotopic (exact) mass is 610 g/mol. The summed E-state index contributed by atoms with van der Waals surface area (Å²) >= 11 is 0. The lowest BCUT2D eigenvalue weighted by Gasteiger charge is -2.35. The zero-order chi connectivity index (χ0) is 31.5. The van der Waals surface area contributed by atoms with Crippen molar-refractivity contribution < 1.29 is 18.8 Å². The van der Waals surface area contributed by atoms with Gasteiger partial charge in [-0.1, -0.05) is 12.8 Å². The number of aromatic nitrogens is 4. The quantitative estimate of drug-likeness (QED) is 0.227. The summed E-state index contributed by atoms with van der Waals surface area (Å²) in [4.78, 5) is 57.2. The molecule has 6 rings (SSSR count). The van der Waals surface area contributed by atoms with Gasteiger partial charge >= 0.3 is 0 Å². The van der Waals surface area contributed by atoms with Gasteiger partial charge in [-0.3, -0.25) is 14.4 Å². The second kappa shape index (κ2) is 12.8. The minimum atomic E-state index is -0.420. The molecule has 0 unspecified atom stereocenters. The number of hydrogen-bond donors (Lipinski definition) is 1. The standard InChI is InChI=1S/C33H35FN8O3/c1-39(2)32(45)27-19-23-20-36-33(38-31(23)42(27)25-5-3-4-6-25)37-29-13-11-26(21-35-29)40-15-17-41(18-16-40)30(44)14-12-28(43)22-7-9-24(34)10-8-22/h7-14,19-21,25H,3-6,15-18H2,1-2H3,(H,35,36,37,38)/b14-12+. The van der Waals surface area contributed by atoms with Gasteiger partial charge in [-0.15, -0.1) is 0 Å². The second-order valence-corrected chi connectivity index (χ2v) is 11.6. The molecule has 11 nitrogen and oxygen atoms in total. The Hall–Kier alpha value is -5.13. The van der Waals surface area contributed by atoms with Crippen LogP contribution in [0.4, 0.5) is 21.8 Å². The number of nitrogens with zero attached hydrogens (tertiary/aromatic N) is 7. The number of benzene rings is 1. The molecule has 3 aromatic heterocycles. The van der Waals surface area contributed by atoms with E-state index < -0.39 is 5.82 Å². The summed E-state index contributed by atoms with van der Waals surface area (Å²) in [6.07, 6.45) is 10.3. The highest BCUT2D eigenvalue weighted by atomic mass is 19.1. The third-order valence-corrected chi connectivity index (χ3v) is 8.34. The zero-order valence-electron chi connectivity index (χ0n) is 25.3. The molecule has 0 atom stereocenters. The fraction of sp³-hybridized carbons (Fsp3) is 0.333. The minimum absolute atomic E-state index is 0.0507. The predicted molar refractivity (Wildman–Crippen MR) is 169 cm³/mol. The first kappa shape index (κ1) is 29.9. The van der Waals surface area contributed by atoms with Crippen molar-refractivity contribution in [2.24, 2.45) is 0 Å². The number of allylic oxidation sites excluding steroid dienone is 1. The summed E-state index contributed by atoms with van der Waals surface area (Å²) in [5.74, 6) is -0.0638. The first-order valence-electron chi connectivity index (χ1n) is 15.1. The number of pyridine rings is 1. The minimum Gasteiger partial charge on any atom is -0.367 e. The van der Waals surface area contributed by atoms with E-state index in [0.717, 1.165) is 42.4 Å². The van der Waals surface area contributed by atoms with Crippen LogP contribution in [-0.4, -0.2) is 87.2 Å². The summed E-state index contributed by atoms with van der Waals surface area (Å²) in [6, 6.07) is 11.2. The number of piperazine rings is 1. The van der Waals surface area contributed by atoms with Crippen LogP contribution in [0.25, 0.3) is 11.0 Å². The van der Waals surface area contributed by atoms with Crippen LogP contribution in [-0.2, 0) is 4.79 Å². The normalized spacial score (nSPS) is 15.6. The van der Waals surface area contributed by atoms with Crippen molar-refractivity contribution in [1.29, 1.82) is 0 Å². The Morgan fingerprint density at radius 2 is 1.67 bits per heavy atom. The van der Waals surface area contributed by atoms with E-state index in [-0.39, 0.29) is 23.6 Å². The topological polar surface area (TPSA) is 117 Å². The summed E-state index contributed by atoms with van der Waals surface area (Å²) in [5, 5.41) is 4.03. The Morgan fingerprint density at radius 3 is 2.33 bits per heavy atom. The average Bonchev–Trinajstić information content (AvgIpc) is 3.72. The maximum Gasteiger partial charge on any atom is 0.270 e. The lowest BCUT2D eigenvalue weighted by molar-refractivity contribution is -0.126. The lowest BCUT2D eigenvalue weighted by atomic mass is 10.1. The summed E-state index contributed by atoms with van der Waals surface area (Å²) in [6.45, 7) is 2.24. The van der Waals surface area contributed by atoms with Gasteiger partial charge in [-0.25, -0.2) is 14.4 Å². The molecule has 1 N–H and O–H groups in total. The van der Waals surface area contributed by atoms with E-state index in [0.29, 0.717) is 49.2 Å². The van der Waals surface area contributed by atoms with Gasteiger partial charge in [0.15, 0.2) is 5.78 Å². The van der Waals surface area contributed by atoms with Gasteiger partial charge in [-0.05, 0) is 61.4 Å². The molecule has 2 fully saturated rings. The molecule has 12 heteroatoms. The van der Waals surface area contributed by atoms with E-state index in [1.807, 2.05) is 18.2 Å². The first-order valence-corrected chi connectivity index (χ1v) is 15.1. The molecular formula is C33H35FN8O3. The Morgan fingerprint density at radius 1 is 0.933 bits per heavy atom. The molecule has 1 aliphatic heterocycles. The first-order chi connectivity index (χ1) is 21.8. The van der Waals surface area contributed by atoms with Crippen molar-refractivity contribution in [2.75, 3.05) is 50.5 Å². The number of carbonyl (C=O) groups is 3. The van der Waals surface area contributed by atoms with Crippen LogP contribution in [0.1, 0.15) is 52.6 Å². The third-order valence-electron chi connectivity index (χ3n) is 8.34. The summed E-state index contributed by atoms with van der Waals surface area (Å²) in [7, 11) is 3.51. The van der Waals surface area contributed by atoms with Gasteiger partial charge in [0.1, 0.15) is 23.0 Å². The van der Waals surface area contributed by atoms with Gasteiger partial charge in [0.25, 0.3) is 5.91 Å². The highest BCUT2D eigenvalue weighted by Crippen LogP contribution is 2.35. The summed E-state index contributed by atoms with van der Waals surface area (Å²) < 4.78 is 15.2. The molecule has 1 saturated heterocycles. The van der Waals surface area contributed by atoms with Gasteiger partial charge in [0.05, 0.1) is 11.9 Å². The molecule has 4 aromatic rings. The maximum absolute atomic E-state index is 13.1. The van der Waals surface area contributed by atoms with E-state index >= 15 is 0 Å². The average molecular weight is 611 g/mol. The van der Waals surface area contributed by atoms with Crippen LogP contribution in [0.2, 0.25) is 0 Å². The van der Waals surface area contributed by atoms with E-state index in [1.54, 1.807) is 36.3 Å². The second-order valence-electron chi connectivity index (χ2n) is 11.6. The van der Waals surface area contributed by atoms with Crippen LogP contribution in [0, 0.1) is 5.82 Å². The van der Waals surface area contributed by atoms with Gasteiger partial charge in [0, 0.05) is 69.5 Å². The number of ketones is 1. The van der Waals surface area contributed by atoms with E-state index in [4.69, 9.17) is 4.98 Å². The maximum atomic E-state index is 13.1. The number of nitrogens with one attached hydrogen (secondary N) is 1. The molecule has 2 aliphatic rings. The van der Waals surface area contributed by atoms with Gasteiger partial charge in [-0.2, -0.15) is 4.98 Å². The molecule has 232 valence electrons. The Balaban J connectivity index is 1.08. The fourth-order valence-electron chi connectivity index (χ4n) is 5.90. The van der Waals surface area contributed by atoms with Crippen molar-refractivity contribution >= 4 is 46.1 Å². The van der Waals surface area contributed by atoms with Crippen molar-refractivity contribution in [3.8, 4) is 0 Å². The molecule has 1 aliphatic carbocycles. The predicted octanol–water partition coefficient (Wildman–Crippen LogP) is 4.61. The van der Waals surface area contributed by atoms with Crippen LogP contribution in [0.3, 0.4) is 0 Å². The van der Waals surface area contributed by atoms with E-state index in [2.05, 4.69) is 24.8 Å². The number of rotatable bonds is 8. The molecule has 1 saturated carbocycles. The zero-order valence-corrected chi connectivity index (χ0v) is 25.3. The number of amides is 2. The van der Waals surface area contributed by atoms with Crippen molar-refractivity contribution in [1.82, 2.24) is 29.3 Å². The number of anilines is 3. The molecule has 2 amide bonds. The molecule has 0 radical (unpaired) electrons. The van der Waals surface area contributed by atoms with Crippen molar-refractivity contribution in [3.05, 3.63) is 84.1 Å². The lowest BCUT2D eigenvalue weighted by Crippen LogP contribution is -2.48. The molecule has 0 bridgehead atoms. The SMILES string of the molecule is CN(C)C(=O)c1cc2cnc(Nc3ccc(N4CCN(C(=O)/C=C/C(=O)c5ccc(F)cc5)CC4)cn3)nc2n1C1CCCC1. The highest BCUT2D eigenvalue weighted by molar-refractivity contribution is 6.07. The van der Waals surface area contributed by atoms with Gasteiger partial charge in [0.2, 0.25) is 11.9 Å². The number of fused-ring (bicyclic) bond motifs is 1. The molecule has 45 heavy (non-hydrogen) atoms. The van der Waals surface area contributed by atoms with Gasteiger partial charge < -0.3 is 24.6 Å². The number of hydrogen-bond acceptors (Lipinski definition) is 8. The molecule has 4 heterocycles. The van der Waals surface area contributed by atoms with Crippen LogP contribution >= 0.6 is 0 Å². The van der Waals surface area contributed by atoms with E-state index in [9.17, 15) is 18.8 Å². The Kier molecular flexibility index (Phi) is 8.54. The fourth-order valence-corrected chi connectivity index (χ4v) is 5.90. The number of halogens is 1. The van der Waals surface area contributed by atoms with E-state index in [1.165, 1.54) is 36.4 Å². The Bertz CT molecular complexity index is 1740. The smallest absolute Gasteiger partial charge is 0.270 e. The van der Waals surface area contributed by atoms with Crippen LogP contribution in [0.15, 0.2) is 67.0 Å². The van der Waals surface area contributed by atoms with Crippen LogP contribution < -0.4 is 10.2 Å². The van der Waals surface area contributed by atoms with Crippen molar-refractivity contribution in [2.45, 2.75) is 31.7 Å². The third kappa shape index (κ3) is 6.54. The van der Waals surface area contributed by atoms with Crippen molar-refractivity contribution in [3.63, 3.8) is 0 Å². The largest absolute Gasteiger partial charge is 0.367 e. The highest BCUT2D eigenvalue weighted by Gasteiger charge is 2.27. The Labute approximate surface area is 260 Å². The van der Waals surface area contributed by atoms with Crippen LogP contribution in [0.5, 0.6) is 0 Å². The molecular weight excluding hydrogens is 575 g/mol. The molecule has 1 aromatic carbocycles. The molecule has 0 spiro atoms. The summed E-state index contributed by atoms with van der Waals surface area (Å²) in [5.41, 5.74) is 2.62. The number of carbonyl (C=O) groups excluding carboxylic acids is 3.